The Hall–Kier alpha value is -0.120. The van der Waals surface area contributed by atoms with Gasteiger partial charge in [-0.3, -0.25) is 0 Å². The third kappa shape index (κ3) is 2.27. The molecule has 0 bridgehead atoms. The molecule has 3 nitrogen and oxygen atoms in total. The Labute approximate surface area is 86.7 Å². The molecule has 3 heteroatoms. The zero-order chi connectivity index (χ0) is 9.86. The van der Waals surface area contributed by atoms with E-state index >= 15 is 0 Å². The van der Waals surface area contributed by atoms with Crippen LogP contribution >= 0.6 is 0 Å². The van der Waals surface area contributed by atoms with Crippen LogP contribution in [0.2, 0.25) is 0 Å². The second-order valence-corrected chi connectivity index (χ2v) is 4.92. The Morgan fingerprint density at radius 3 is 2.57 bits per heavy atom. The predicted octanol–water partition coefficient (Wildman–Crippen LogP) is 0.341. The first-order valence-electron chi connectivity index (χ1n) is 6.04. The van der Waals surface area contributed by atoms with Crippen LogP contribution in [0.4, 0.5) is 0 Å². The number of hydrogen-bond acceptors (Lipinski definition) is 2. The molecule has 0 amide bonds. The van der Waals surface area contributed by atoms with E-state index in [4.69, 9.17) is 5.11 Å². The summed E-state index contributed by atoms with van der Waals surface area (Å²) in [6.45, 7) is 6.35. The second-order valence-electron chi connectivity index (χ2n) is 4.92. The number of aliphatic hydroxyl groups excluding tert-OH is 1. The number of hydrogen-bond donors (Lipinski definition) is 2. The van der Waals surface area contributed by atoms with Crippen LogP contribution in [0.3, 0.4) is 0 Å². The molecular weight excluding hydrogens is 176 g/mol. The van der Waals surface area contributed by atoms with Crippen molar-refractivity contribution < 1.29 is 9.59 Å². The maximum atomic E-state index is 9.13. The first-order valence-corrected chi connectivity index (χ1v) is 6.04. The molecule has 0 radical (unpaired) electrons. The van der Waals surface area contributed by atoms with Crippen LogP contribution in [0.1, 0.15) is 25.7 Å². The van der Waals surface area contributed by atoms with Crippen molar-refractivity contribution in [3.05, 3.63) is 0 Å². The average molecular weight is 199 g/mol. The molecule has 2 fully saturated rings. The van der Waals surface area contributed by atoms with Crippen LogP contribution in [0, 0.1) is 0 Å². The van der Waals surface area contributed by atoms with E-state index in [1.807, 2.05) is 0 Å². The van der Waals surface area contributed by atoms with Gasteiger partial charge in [-0.05, 0) is 19.4 Å². The van der Waals surface area contributed by atoms with E-state index in [0.29, 0.717) is 6.61 Å². The lowest BCUT2D eigenvalue weighted by Gasteiger charge is -2.36. The van der Waals surface area contributed by atoms with Crippen LogP contribution < -0.4 is 5.32 Å². The molecule has 0 aromatic heterocycles. The van der Waals surface area contributed by atoms with Crippen molar-refractivity contribution >= 4 is 0 Å². The standard InChI is InChI=1S/C11H23N2O/c14-9-8-13(6-1-2-7-13)10-11-4-3-5-12-11/h11-12,14H,1-10H2/q+1/t11-/m0/s1. The summed E-state index contributed by atoms with van der Waals surface area (Å²) in [5.74, 6) is 0. The lowest BCUT2D eigenvalue weighted by atomic mass is 10.2. The number of nitrogens with zero attached hydrogens (tertiary/aromatic N) is 1. The van der Waals surface area contributed by atoms with Gasteiger partial charge in [0.25, 0.3) is 0 Å². The predicted molar refractivity (Wildman–Crippen MR) is 57.1 cm³/mol. The minimum Gasteiger partial charge on any atom is -0.391 e. The van der Waals surface area contributed by atoms with Crippen LogP contribution in [0.15, 0.2) is 0 Å². The van der Waals surface area contributed by atoms with Crippen LogP contribution in [-0.4, -0.2) is 55.0 Å². The summed E-state index contributed by atoms with van der Waals surface area (Å²) in [5, 5.41) is 12.7. The minimum atomic E-state index is 0.354. The SMILES string of the molecule is OCC[N+]1(C[C@@H]2CCCN2)CCCC1. The fourth-order valence-corrected chi connectivity index (χ4v) is 3.10. The van der Waals surface area contributed by atoms with Gasteiger partial charge in [-0.1, -0.05) is 0 Å². The summed E-state index contributed by atoms with van der Waals surface area (Å²) in [6.07, 6.45) is 5.38. The van der Waals surface area contributed by atoms with E-state index in [1.165, 1.54) is 56.3 Å². The highest BCUT2D eigenvalue weighted by molar-refractivity contribution is 4.75. The largest absolute Gasteiger partial charge is 0.391 e. The van der Waals surface area contributed by atoms with Crippen LogP contribution in [0.25, 0.3) is 0 Å². The molecule has 2 rings (SSSR count). The van der Waals surface area contributed by atoms with Gasteiger partial charge in [-0.15, -0.1) is 0 Å². The van der Waals surface area contributed by atoms with Crippen molar-refractivity contribution in [2.24, 2.45) is 0 Å². The third-order valence-electron chi connectivity index (χ3n) is 3.86. The number of quaternary nitrogens is 1. The molecule has 0 aromatic rings. The van der Waals surface area contributed by atoms with E-state index in [2.05, 4.69) is 5.32 Å². The molecule has 1 atom stereocenters. The maximum absolute atomic E-state index is 9.13. The fraction of sp³-hybridized carbons (Fsp3) is 1.00. The molecule has 2 aliphatic rings. The lowest BCUT2D eigenvalue weighted by Crippen LogP contribution is -2.53. The second kappa shape index (κ2) is 4.60. The van der Waals surface area contributed by atoms with Gasteiger partial charge in [0, 0.05) is 12.8 Å². The fourth-order valence-electron chi connectivity index (χ4n) is 3.10. The molecule has 0 unspecified atom stereocenters. The highest BCUT2D eigenvalue weighted by Crippen LogP contribution is 2.21. The van der Waals surface area contributed by atoms with Gasteiger partial charge in [0.2, 0.25) is 0 Å². The zero-order valence-corrected chi connectivity index (χ0v) is 9.04. The summed E-state index contributed by atoms with van der Waals surface area (Å²) in [4.78, 5) is 0. The van der Waals surface area contributed by atoms with Crippen molar-refractivity contribution in [3.63, 3.8) is 0 Å². The number of rotatable bonds is 4. The van der Waals surface area contributed by atoms with Crippen molar-refractivity contribution in [1.29, 1.82) is 0 Å². The Bertz CT molecular complexity index is 172. The zero-order valence-electron chi connectivity index (χ0n) is 9.04. The van der Waals surface area contributed by atoms with Crippen LogP contribution in [0.5, 0.6) is 0 Å². The Morgan fingerprint density at radius 2 is 2.00 bits per heavy atom. The van der Waals surface area contributed by atoms with Gasteiger partial charge >= 0.3 is 0 Å². The van der Waals surface area contributed by atoms with E-state index < -0.39 is 0 Å². The molecule has 0 spiro atoms. The van der Waals surface area contributed by atoms with Gasteiger partial charge in [-0.25, -0.2) is 0 Å². The van der Waals surface area contributed by atoms with E-state index in [9.17, 15) is 0 Å². The minimum absolute atomic E-state index is 0.354. The van der Waals surface area contributed by atoms with Crippen LogP contribution in [-0.2, 0) is 0 Å². The van der Waals surface area contributed by atoms with Gasteiger partial charge in [0.1, 0.15) is 6.54 Å². The van der Waals surface area contributed by atoms with E-state index in [1.54, 1.807) is 0 Å². The molecule has 14 heavy (non-hydrogen) atoms. The summed E-state index contributed by atoms with van der Waals surface area (Å²) < 4.78 is 1.17. The Kier molecular flexibility index (Phi) is 3.42. The van der Waals surface area contributed by atoms with Crippen molar-refractivity contribution in [1.82, 2.24) is 5.32 Å². The highest BCUT2D eigenvalue weighted by Gasteiger charge is 2.34. The molecular formula is C11H23N2O+. The topological polar surface area (TPSA) is 32.3 Å². The molecule has 0 saturated carbocycles. The number of likely N-dealkylation sites (tertiary alicyclic amines) is 1. The molecule has 2 saturated heterocycles. The average Bonchev–Trinajstić information content (AvgIpc) is 2.78. The molecule has 0 aromatic carbocycles. The highest BCUT2D eigenvalue weighted by atomic mass is 16.3. The van der Waals surface area contributed by atoms with Gasteiger partial charge in [0.05, 0.1) is 32.3 Å². The Balaban J connectivity index is 1.89. The number of aliphatic hydroxyl groups is 1. The Morgan fingerprint density at radius 1 is 1.21 bits per heavy atom. The number of nitrogens with one attached hydrogen (secondary N) is 1. The molecule has 2 N–H and O–H groups in total. The summed E-state index contributed by atoms with van der Waals surface area (Å²) in [7, 11) is 0. The van der Waals surface area contributed by atoms with Gasteiger partial charge in [0.15, 0.2) is 0 Å². The lowest BCUT2D eigenvalue weighted by molar-refractivity contribution is -0.918. The van der Waals surface area contributed by atoms with E-state index in [0.717, 1.165) is 12.6 Å². The maximum Gasteiger partial charge on any atom is 0.102 e. The van der Waals surface area contributed by atoms with Gasteiger partial charge < -0.3 is 14.9 Å². The quantitative estimate of drug-likeness (QED) is 0.640. The normalized spacial score (nSPS) is 31.1. The van der Waals surface area contributed by atoms with Crippen molar-refractivity contribution in [3.8, 4) is 0 Å². The molecule has 2 aliphatic heterocycles. The molecule has 0 aliphatic carbocycles. The van der Waals surface area contributed by atoms with Crippen molar-refractivity contribution in [2.75, 3.05) is 39.3 Å². The summed E-state index contributed by atoms with van der Waals surface area (Å²) in [5.41, 5.74) is 0. The monoisotopic (exact) mass is 199 g/mol. The summed E-state index contributed by atoms with van der Waals surface area (Å²) in [6, 6.07) is 0.722. The smallest absolute Gasteiger partial charge is 0.102 e. The summed E-state index contributed by atoms with van der Waals surface area (Å²) >= 11 is 0. The first kappa shape index (κ1) is 10.4. The third-order valence-corrected chi connectivity index (χ3v) is 3.86. The van der Waals surface area contributed by atoms with Gasteiger partial charge in [-0.2, -0.15) is 0 Å². The van der Waals surface area contributed by atoms with Crippen molar-refractivity contribution in [2.45, 2.75) is 31.7 Å². The molecule has 82 valence electrons. The molecule has 2 heterocycles. The first-order chi connectivity index (χ1) is 6.85. The van der Waals surface area contributed by atoms with E-state index in [-0.39, 0.29) is 0 Å².